The highest BCUT2D eigenvalue weighted by Crippen LogP contribution is 2.26. The van der Waals surface area contributed by atoms with Crippen LogP contribution in [-0.4, -0.2) is 43.8 Å². The summed E-state index contributed by atoms with van der Waals surface area (Å²) in [5.74, 6) is -2.00. The van der Waals surface area contributed by atoms with Crippen molar-refractivity contribution in [2.45, 2.75) is 26.9 Å². The molecule has 0 radical (unpaired) electrons. The van der Waals surface area contributed by atoms with Crippen molar-refractivity contribution >= 4 is 22.4 Å². The molecule has 0 aliphatic carbocycles. The monoisotopic (exact) mass is 438 g/mol. The first-order chi connectivity index (χ1) is 14.7. The van der Waals surface area contributed by atoms with Gasteiger partial charge in [-0.25, -0.2) is 9.37 Å². The number of aromatic nitrogens is 3. The Hall–Kier alpha value is -3.31. The quantitative estimate of drug-likeness (QED) is 0.530. The second-order valence-corrected chi connectivity index (χ2v) is 6.37. The summed E-state index contributed by atoms with van der Waals surface area (Å²) in [6.45, 7) is 4.63. The Kier molecular flexibility index (Phi) is 7.83. The van der Waals surface area contributed by atoms with Gasteiger partial charge in [0.15, 0.2) is 5.65 Å². The lowest BCUT2D eigenvalue weighted by molar-refractivity contribution is -0.00415. The van der Waals surface area contributed by atoms with Gasteiger partial charge in [-0.3, -0.25) is 14.2 Å². The zero-order valence-electron chi connectivity index (χ0n) is 17.5. The average Bonchev–Trinajstić information content (AvgIpc) is 2.77. The highest BCUT2D eigenvalue weighted by Gasteiger charge is 2.21. The molecule has 0 aliphatic heterocycles. The van der Waals surface area contributed by atoms with E-state index in [1.165, 1.54) is 19.2 Å². The van der Waals surface area contributed by atoms with E-state index in [1.54, 1.807) is 13.0 Å². The van der Waals surface area contributed by atoms with Crippen molar-refractivity contribution < 1.29 is 23.8 Å². The largest absolute Gasteiger partial charge is 0.406 e. The molecule has 31 heavy (non-hydrogen) atoms. The summed E-state index contributed by atoms with van der Waals surface area (Å²) in [7, 11) is 1.23. The third-order valence-corrected chi connectivity index (χ3v) is 4.20. The fourth-order valence-electron chi connectivity index (χ4n) is 2.65. The molecule has 1 atom stereocenters. The van der Waals surface area contributed by atoms with Crippen molar-refractivity contribution in [3.8, 4) is 0 Å². The number of halogens is 2. The molecule has 168 valence electrons. The lowest BCUT2D eigenvalue weighted by Gasteiger charge is -2.15. The Morgan fingerprint density at radius 1 is 1.23 bits per heavy atom. The van der Waals surface area contributed by atoms with Crippen LogP contribution in [0.25, 0.3) is 11.0 Å². The lowest BCUT2D eigenvalue weighted by atomic mass is 10.2. The molecule has 1 aromatic carbocycles. The molecule has 2 heterocycles. The smallest absolute Gasteiger partial charge is 0.297 e. The molecule has 0 saturated heterocycles. The molecule has 3 aromatic rings. The fourth-order valence-corrected chi connectivity index (χ4v) is 2.65. The van der Waals surface area contributed by atoms with Gasteiger partial charge in [-0.2, -0.15) is 4.39 Å². The number of fused-ring (bicyclic) bond motifs is 1. The van der Waals surface area contributed by atoms with E-state index in [0.717, 1.165) is 10.9 Å². The molecule has 9 nitrogen and oxygen atoms in total. The number of aliphatic hydroxyl groups is 2. The summed E-state index contributed by atoms with van der Waals surface area (Å²) in [6, 6.07) is 4.12. The Morgan fingerprint density at radius 2 is 1.90 bits per heavy atom. The number of hydrogen-bond acceptors (Lipinski definition) is 7. The summed E-state index contributed by atoms with van der Waals surface area (Å²) in [6.07, 6.45) is -0.309. The Labute approximate surface area is 176 Å². The van der Waals surface area contributed by atoms with E-state index in [2.05, 4.69) is 10.3 Å². The zero-order valence-corrected chi connectivity index (χ0v) is 17.5. The molecular formula is C20H24F2N4O5. The van der Waals surface area contributed by atoms with Crippen molar-refractivity contribution in [2.75, 3.05) is 18.5 Å². The number of anilines is 2. The first-order valence-electron chi connectivity index (χ1n) is 9.49. The van der Waals surface area contributed by atoms with E-state index in [0.29, 0.717) is 10.3 Å². The molecule has 3 rings (SSSR count). The number of pyridine rings is 1. The fraction of sp³-hybridized carbons (Fsp3) is 0.350. The SMILES string of the molecule is CC.Cc1ccc(Nc2c(F)c(=O)n(C)c3ncn(OCC(O)CO)c(=O)c23)c(F)c1. The van der Waals surface area contributed by atoms with Crippen LogP contribution in [0.2, 0.25) is 0 Å². The van der Waals surface area contributed by atoms with E-state index in [4.69, 9.17) is 9.94 Å². The van der Waals surface area contributed by atoms with Gasteiger partial charge >= 0.3 is 0 Å². The topological polar surface area (TPSA) is 119 Å². The highest BCUT2D eigenvalue weighted by atomic mass is 19.1. The number of hydrogen-bond donors (Lipinski definition) is 3. The summed E-state index contributed by atoms with van der Waals surface area (Å²) in [5, 5.41) is 20.3. The molecule has 0 spiro atoms. The van der Waals surface area contributed by atoms with Crippen LogP contribution < -0.4 is 21.3 Å². The molecule has 2 aromatic heterocycles. The minimum Gasteiger partial charge on any atom is -0.406 e. The van der Waals surface area contributed by atoms with Gasteiger partial charge < -0.3 is 20.4 Å². The van der Waals surface area contributed by atoms with E-state index in [-0.39, 0.29) is 16.7 Å². The van der Waals surface area contributed by atoms with Crippen LogP contribution in [0.3, 0.4) is 0 Å². The van der Waals surface area contributed by atoms with Gasteiger partial charge in [0.25, 0.3) is 11.1 Å². The summed E-state index contributed by atoms with van der Waals surface area (Å²) < 4.78 is 30.5. The van der Waals surface area contributed by atoms with E-state index in [9.17, 15) is 23.5 Å². The van der Waals surface area contributed by atoms with Crippen molar-refractivity contribution in [3.05, 3.63) is 62.4 Å². The van der Waals surface area contributed by atoms with Gasteiger partial charge in [0.2, 0.25) is 5.82 Å². The van der Waals surface area contributed by atoms with Crippen molar-refractivity contribution in [1.82, 2.24) is 14.3 Å². The first kappa shape index (κ1) is 24.0. The number of nitrogens with one attached hydrogen (secondary N) is 1. The maximum absolute atomic E-state index is 14.8. The lowest BCUT2D eigenvalue weighted by Crippen LogP contribution is -2.35. The Bertz CT molecular complexity index is 1190. The number of aryl methyl sites for hydroxylation is 2. The van der Waals surface area contributed by atoms with Crippen LogP contribution >= 0.6 is 0 Å². The van der Waals surface area contributed by atoms with Crippen LogP contribution in [0.15, 0.2) is 34.1 Å². The predicted octanol–water partition coefficient (Wildman–Crippen LogP) is 1.23. The maximum Gasteiger partial charge on any atom is 0.297 e. The van der Waals surface area contributed by atoms with Gasteiger partial charge in [-0.1, -0.05) is 19.9 Å². The van der Waals surface area contributed by atoms with Crippen LogP contribution in [0.4, 0.5) is 20.2 Å². The molecule has 0 saturated carbocycles. The van der Waals surface area contributed by atoms with E-state index < -0.39 is 47.8 Å². The van der Waals surface area contributed by atoms with Crippen LogP contribution in [0.1, 0.15) is 19.4 Å². The van der Waals surface area contributed by atoms with Crippen LogP contribution in [0.5, 0.6) is 0 Å². The third-order valence-electron chi connectivity index (χ3n) is 4.20. The molecule has 0 fully saturated rings. The second kappa shape index (κ2) is 10.1. The normalized spacial score (nSPS) is 11.6. The van der Waals surface area contributed by atoms with Gasteiger partial charge in [-0.05, 0) is 24.6 Å². The molecule has 0 amide bonds. The summed E-state index contributed by atoms with van der Waals surface area (Å²) in [5.41, 5.74) is -2.18. The molecular weight excluding hydrogens is 414 g/mol. The van der Waals surface area contributed by atoms with Crippen LogP contribution in [-0.2, 0) is 7.05 Å². The van der Waals surface area contributed by atoms with Gasteiger partial charge in [-0.15, -0.1) is 4.73 Å². The highest BCUT2D eigenvalue weighted by molar-refractivity contribution is 5.90. The van der Waals surface area contributed by atoms with E-state index >= 15 is 0 Å². The third kappa shape index (κ3) is 4.89. The van der Waals surface area contributed by atoms with E-state index in [1.807, 2.05) is 13.8 Å². The Morgan fingerprint density at radius 3 is 2.52 bits per heavy atom. The van der Waals surface area contributed by atoms with Crippen molar-refractivity contribution in [3.63, 3.8) is 0 Å². The minimum absolute atomic E-state index is 0.143. The van der Waals surface area contributed by atoms with Crippen molar-refractivity contribution in [1.29, 1.82) is 0 Å². The number of benzene rings is 1. The molecule has 3 N–H and O–H groups in total. The maximum atomic E-state index is 14.8. The predicted molar refractivity (Wildman–Crippen MR) is 112 cm³/mol. The van der Waals surface area contributed by atoms with Gasteiger partial charge in [0.1, 0.15) is 30.2 Å². The molecule has 11 heteroatoms. The zero-order chi connectivity index (χ0) is 23.3. The molecule has 0 bridgehead atoms. The second-order valence-electron chi connectivity index (χ2n) is 6.37. The first-order valence-corrected chi connectivity index (χ1v) is 9.49. The van der Waals surface area contributed by atoms with Gasteiger partial charge in [0, 0.05) is 7.05 Å². The molecule has 0 aliphatic rings. The van der Waals surface area contributed by atoms with Crippen LogP contribution in [0, 0.1) is 18.6 Å². The summed E-state index contributed by atoms with van der Waals surface area (Å²) in [4.78, 5) is 34.0. The standard InChI is InChI=1S/C18H18F2N4O5.C2H6/c1-9-3-4-12(11(19)5-9)22-15-13-16(23(2)18(28)14(15)20)21-8-24(17(13)27)29-7-10(26)6-25;1-2/h3-5,8,10,22,25-26H,6-7H2,1-2H3;1-2H3. The summed E-state index contributed by atoms with van der Waals surface area (Å²) >= 11 is 0. The number of rotatable bonds is 6. The minimum atomic E-state index is -1.30. The van der Waals surface area contributed by atoms with Crippen molar-refractivity contribution in [2.24, 2.45) is 7.05 Å². The molecule has 1 unspecified atom stereocenters. The van der Waals surface area contributed by atoms with Gasteiger partial charge in [0.05, 0.1) is 18.0 Å². The average molecular weight is 438 g/mol. The Balaban J connectivity index is 0.00000166. The number of aliphatic hydroxyl groups excluding tert-OH is 2. The number of nitrogens with zero attached hydrogens (tertiary/aromatic N) is 3.